The molecule has 268 valence electrons. The van der Waals surface area contributed by atoms with Gasteiger partial charge < -0.3 is 0 Å². The van der Waals surface area contributed by atoms with Crippen molar-refractivity contribution in [2.75, 3.05) is 0 Å². The van der Waals surface area contributed by atoms with E-state index in [4.69, 9.17) is 15.0 Å². The zero-order chi connectivity index (χ0) is 38.5. The van der Waals surface area contributed by atoms with Gasteiger partial charge in [0.25, 0.3) is 0 Å². The number of pyridine rings is 1. The molecule has 7 aromatic carbocycles. The molecule has 0 bridgehead atoms. The third-order valence-corrected chi connectivity index (χ3v) is 11.4. The summed E-state index contributed by atoms with van der Waals surface area (Å²) in [5.41, 5.74) is 17.6. The van der Waals surface area contributed by atoms with E-state index in [1.165, 1.54) is 27.8 Å². The molecule has 2 heterocycles. The van der Waals surface area contributed by atoms with Crippen molar-refractivity contribution >= 4 is 10.9 Å². The predicted octanol–water partition coefficient (Wildman–Crippen LogP) is 13.2. The Morgan fingerprint density at radius 2 is 1.02 bits per heavy atom. The molecule has 4 heteroatoms. The second-order valence-electron chi connectivity index (χ2n) is 15.2. The lowest BCUT2D eigenvalue weighted by molar-refractivity contribution is 0.660. The van der Waals surface area contributed by atoms with Crippen molar-refractivity contribution in [1.82, 2.24) is 15.0 Å². The highest BCUT2D eigenvalue weighted by atomic mass is 14.9. The van der Waals surface area contributed by atoms with Crippen molar-refractivity contribution in [2.45, 2.75) is 19.3 Å². The largest absolute Gasteiger partial charge is 0.256 e. The SMILES string of the molecule is CC1(C)c2cc(C#N)ccc2-c2ccc(-c3cc(-c4cc(-c5ccc(-c6ccccc6)cc5)nc(-c5ccccc5)n4)cc(-c4ccnc5ccccc45)c3)cc21. The fourth-order valence-electron chi connectivity index (χ4n) is 8.36. The highest BCUT2D eigenvalue weighted by Gasteiger charge is 2.36. The zero-order valence-corrected chi connectivity index (χ0v) is 31.6. The van der Waals surface area contributed by atoms with E-state index in [1.54, 1.807) is 0 Å². The van der Waals surface area contributed by atoms with Crippen LogP contribution in [0.2, 0.25) is 0 Å². The molecular formula is C53H36N4. The highest BCUT2D eigenvalue weighted by molar-refractivity contribution is 5.96. The third-order valence-electron chi connectivity index (χ3n) is 11.4. The molecule has 2 aromatic heterocycles. The quantitative estimate of drug-likeness (QED) is 0.171. The minimum Gasteiger partial charge on any atom is -0.256 e. The summed E-state index contributed by atoms with van der Waals surface area (Å²) in [4.78, 5) is 15.1. The van der Waals surface area contributed by atoms with Crippen LogP contribution in [-0.4, -0.2) is 15.0 Å². The van der Waals surface area contributed by atoms with Gasteiger partial charge in [0, 0.05) is 33.7 Å². The van der Waals surface area contributed by atoms with Gasteiger partial charge >= 0.3 is 0 Å². The van der Waals surface area contributed by atoms with E-state index in [2.05, 4.69) is 159 Å². The van der Waals surface area contributed by atoms with Crippen LogP contribution in [-0.2, 0) is 5.41 Å². The van der Waals surface area contributed by atoms with E-state index in [0.717, 1.165) is 66.8 Å². The Kier molecular flexibility index (Phi) is 8.17. The molecule has 0 saturated heterocycles. The van der Waals surface area contributed by atoms with E-state index < -0.39 is 0 Å². The molecule has 1 aliphatic rings. The molecule has 0 spiro atoms. The summed E-state index contributed by atoms with van der Waals surface area (Å²) in [7, 11) is 0. The predicted molar refractivity (Wildman–Crippen MR) is 232 cm³/mol. The molecule has 9 aromatic rings. The smallest absolute Gasteiger partial charge is 0.160 e. The lowest BCUT2D eigenvalue weighted by Crippen LogP contribution is -2.15. The van der Waals surface area contributed by atoms with Gasteiger partial charge in [-0.3, -0.25) is 4.98 Å². The number of para-hydroxylation sites is 1. The molecule has 1 aliphatic carbocycles. The van der Waals surface area contributed by atoms with Crippen LogP contribution in [0.25, 0.3) is 89.3 Å². The Morgan fingerprint density at radius 3 is 1.77 bits per heavy atom. The molecule has 57 heavy (non-hydrogen) atoms. The summed E-state index contributed by atoms with van der Waals surface area (Å²) in [6.07, 6.45) is 1.89. The Morgan fingerprint density at radius 1 is 0.439 bits per heavy atom. The number of hydrogen-bond acceptors (Lipinski definition) is 4. The standard InChI is InChI=1S/C53H36N4/c1-53(2)47-27-34(33-54)17-23-44(47)45-24-22-39(31-48(45)53)40-28-41(43-25-26-55-49-16-10-9-15-46(43)49)30-42(29-40)51-32-50(56-52(57-51)38-13-7-4-8-14-38)37-20-18-36(19-21-37)35-11-5-3-6-12-35/h3-32H,1-2H3. The molecule has 0 aliphatic heterocycles. The molecule has 0 radical (unpaired) electrons. The molecule has 0 N–H and O–H groups in total. The van der Waals surface area contributed by atoms with Crippen molar-refractivity contribution in [2.24, 2.45) is 0 Å². The van der Waals surface area contributed by atoms with Gasteiger partial charge in [-0.25, -0.2) is 9.97 Å². The summed E-state index contributed by atoms with van der Waals surface area (Å²) in [5, 5.41) is 10.8. The van der Waals surface area contributed by atoms with Gasteiger partial charge in [-0.05, 0) is 110 Å². The summed E-state index contributed by atoms with van der Waals surface area (Å²) < 4.78 is 0. The number of benzene rings is 7. The second-order valence-corrected chi connectivity index (χ2v) is 15.2. The Balaban J connectivity index is 1.17. The van der Waals surface area contributed by atoms with Crippen LogP contribution in [0.3, 0.4) is 0 Å². The number of nitriles is 1. The van der Waals surface area contributed by atoms with Crippen LogP contribution >= 0.6 is 0 Å². The van der Waals surface area contributed by atoms with Crippen LogP contribution < -0.4 is 0 Å². The van der Waals surface area contributed by atoms with Crippen molar-refractivity contribution in [3.63, 3.8) is 0 Å². The van der Waals surface area contributed by atoms with E-state index >= 15 is 0 Å². The van der Waals surface area contributed by atoms with Gasteiger partial charge in [-0.15, -0.1) is 0 Å². The highest BCUT2D eigenvalue weighted by Crippen LogP contribution is 2.50. The van der Waals surface area contributed by atoms with Crippen LogP contribution in [0.5, 0.6) is 0 Å². The maximum Gasteiger partial charge on any atom is 0.160 e. The number of aromatic nitrogens is 3. The minimum absolute atomic E-state index is 0.266. The molecule has 0 unspecified atom stereocenters. The number of fused-ring (bicyclic) bond motifs is 4. The normalized spacial score (nSPS) is 12.5. The first-order chi connectivity index (χ1) is 27.9. The fourth-order valence-corrected chi connectivity index (χ4v) is 8.36. The van der Waals surface area contributed by atoms with E-state index in [-0.39, 0.29) is 5.41 Å². The average Bonchev–Trinajstić information content (AvgIpc) is 3.51. The summed E-state index contributed by atoms with van der Waals surface area (Å²) >= 11 is 0. The van der Waals surface area contributed by atoms with E-state index in [9.17, 15) is 5.26 Å². The summed E-state index contributed by atoms with van der Waals surface area (Å²) in [6, 6.07) is 63.8. The molecule has 0 atom stereocenters. The van der Waals surface area contributed by atoms with Gasteiger partial charge in [0.2, 0.25) is 0 Å². The third kappa shape index (κ3) is 6.07. The Labute approximate surface area is 332 Å². The van der Waals surface area contributed by atoms with Crippen LogP contribution in [0.1, 0.15) is 30.5 Å². The number of rotatable bonds is 6. The summed E-state index contributed by atoms with van der Waals surface area (Å²) in [6.45, 7) is 4.51. The van der Waals surface area contributed by atoms with Crippen molar-refractivity contribution in [3.8, 4) is 84.5 Å². The number of hydrogen-bond donors (Lipinski definition) is 0. The molecule has 10 rings (SSSR count). The second kappa shape index (κ2) is 13.7. The first kappa shape index (κ1) is 34.0. The maximum absolute atomic E-state index is 9.71. The van der Waals surface area contributed by atoms with Gasteiger partial charge in [0.1, 0.15) is 0 Å². The monoisotopic (exact) mass is 728 g/mol. The van der Waals surface area contributed by atoms with Crippen molar-refractivity contribution in [3.05, 3.63) is 199 Å². The zero-order valence-electron chi connectivity index (χ0n) is 31.6. The Bertz CT molecular complexity index is 3030. The van der Waals surface area contributed by atoms with Gasteiger partial charge in [-0.2, -0.15) is 5.26 Å². The topological polar surface area (TPSA) is 62.5 Å². The molecule has 0 amide bonds. The minimum atomic E-state index is -0.266. The van der Waals surface area contributed by atoms with Crippen LogP contribution in [0.15, 0.2) is 182 Å². The summed E-state index contributed by atoms with van der Waals surface area (Å²) in [5.74, 6) is 0.672. The first-order valence-corrected chi connectivity index (χ1v) is 19.2. The molecule has 0 saturated carbocycles. The van der Waals surface area contributed by atoms with Gasteiger partial charge in [0.05, 0.1) is 28.5 Å². The van der Waals surface area contributed by atoms with Crippen molar-refractivity contribution < 1.29 is 0 Å². The number of nitrogens with zero attached hydrogens (tertiary/aromatic N) is 4. The molecule has 4 nitrogen and oxygen atoms in total. The first-order valence-electron chi connectivity index (χ1n) is 19.2. The maximum atomic E-state index is 9.71. The lowest BCUT2D eigenvalue weighted by Gasteiger charge is -2.22. The van der Waals surface area contributed by atoms with Gasteiger partial charge in [0.15, 0.2) is 5.82 Å². The van der Waals surface area contributed by atoms with Crippen molar-refractivity contribution in [1.29, 1.82) is 5.26 Å². The molecular weight excluding hydrogens is 693 g/mol. The fraction of sp³-hybridized carbons (Fsp3) is 0.0566. The van der Waals surface area contributed by atoms with Crippen LogP contribution in [0, 0.1) is 11.3 Å². The molecule has 0 fully saturated rings. The lowest BCUT2D eigenvalue weighted by atomic mass is 9.81. The Hall–Kier alpha value is -7.48. The van der Waals surface area contributed by atoms with Crippen LogP contribution in [0.4, 0.5) is 0 Å². The van der Waals surface area contributed by atoms with Gasteiger partial charge in [-0.1, -0.05) is 135 Å². The van der Waals surface area contributed by atoms with E-state index in [1.807, 2.05) is 42.6 Å². The van der Waals surface area contributed by atoms with E-state index in [0.29, 0.717) is 11.4 Å². The average molecular weight is 729 g/mol.